The highest BCUT2D eigenvalue weighted by Gasteiger charge is 2.07. The van der Waals surface area contributed by atoms with Crippen molar-refractivity contribution in [3.05, 3.63) is 54.1 Å². The Kier molecular flexibility index (Phi) is 2.80. The third-order valence-electron chi connectivity index (χ3n) is 3.30. The SMILES string of the molecule is COc1ccc2cc3ccccc3c(/C=N/O)c2c1. The predicted octanol–water partition coefficient (Wildman–Crippen LogP) is 3.81. The third kappa shape index (κ3) is 1.89. The fourth-order valence-corrected chi connectivity index (χ4v) is 2.40. The molecule has 3 heteroatoms. The van der Waals surface area contributed by atoms with E-state index in [0.29, 0.717) is 0 Å². The molecule has 0 radical (unpaired) electrons. The fraction of sp³-hybridized carbons (Fsp3) is 0.0625. The van der Waals surface area contributed by atoms with Crippen LogP contribution in [0.2, 0.25) is 0 Å². The number of benzene rings is 3. The first kappa shape index (κ1) is 11.5. The minimum atomic E-state index is 0.787. The van der Waals surface area contributed by atoms with E-state index in [9.17, 15) is 0 Å². The van der Waals surface area contributed by atoms with Crippen LogP contribution in [0, 0.1) is 0 Å². The maximum atomic E-state index is 8.90. The van der Waals surface area contributed by atoms with Gasteiger partial charge in [-0.15, -0.1) is 0 Å². The fourth-order valence-electron chi connectivity index (χ4n) is 2.40. The van der Waals surface area contributed by atoms with Crippen LogP contribution in [0.25, 0.3) is 21.5 Å². The van der Waals surface area contributed by atoms with Gasteiger partial charge in [-0.3, -0.25) is 0 Å². The summed E-state index contributed by atoms with van der Waals surface area (Å²) in [5.74, 6) is 0.787. The van der Waals surface area contributed by atoms with Gasteiger partial charge in [-0.05, 0) is 39.7 Å². The summed E-state index contributed by atoms with van der Waals surface area (Å²) in [5, 5.41) is 16.4. The highest BCUT2D eigenvalue weighted by Crippen LogP contribution is 2.30. The van der Waals surface area contributed by atoms with E-state index in [2.05, 4.69) is 11.2 Å². The number of fused-ring (bicyclic) bond motifs is 2. The molecule has 0 bridgehead atoms. The second-order valence-electron chi connectivity index (χ2n) is 4.34. The lowest BCUT2D eigenvalue weighted by Gasteiger charge is -2.09. The molecule has 3 nitrogen and oxygen atoms in total. The predicted molar refractivity (Wildman–Crippen MR) is 77.4 cm³/mol. The summed E-state index contributed by atoms with van der Waals surface area (Å²) in [6.07, 6.45) is 1.48. The Morgan fingerprint density at radius 2 is 1.79 bits per heavy atom. The number of nitrogens with zero attached hydrogens (tertiary/aromatic N) is 1. The van der Waals surface area contributed by atoms with E-state index in [1.165, 1.54) is 6.21 Å². The number of oxime groups is 1. The third-order valence-corrected chi connectivity index (χ3v) is 3.30. The largest absolute Gasteiger partial charge is 0.497 e. The van der Waals surface area contributed by atoms with Crippen LogP contribution in [-0.4, -0.2) is 18.5 Å². The summed E-state index contributed by atoms with van der Waals surface area (Å²) in [4.78, 5) is 0. The molecule has 94 valence electrons. The minimum absolute atomic E-state index is 0.787. The molecule has 0 aromatic heterocycles. The van der Waals surface area contributed by atoms with E-state index in [1.54, 1.807) is 7.11 Å². The first-order valence-corrected chi connectivity index (χ1v) is 6.00. The molecule has 3 aromatic carbocycles. The molecule has 0 unspecified atom stereocenters. The number of methoxy groups -OCH3 is 1. The van der Waals surface area contributed by atoms with E-state index < -0.39 is 0 Å². The highest BCUT2D eigenvalue weighted by atomic mass is 16.5. The zero-order valence-corrected chi connectivity index (χ0v) is 10.5. The molecule has 0 aliphatic heterocycles. The molecular weight excluding hydrogens is 238 g/mol. The van der Waals surface area contributed by atoms with Gasteiger partial charge >= 0.3 is 0 Å². The van der Waals surface area contributed by atoms with Crippen LogP contribution < -0.4 is 4.74 Å². The van der Waals surface area contributed by atoms with Crippen LogP contribution in [0.4, 0.5) is 0 Å². The number of hydrogen-bond acceptors (Lipinski definition) is 3. The monoisotopic (exact) mass is 251 g/mol. The van der Waals surface area contributed by atoms with Gasteiger partial charge in [0.2, 0.25) is 0 Å². The molecular formula is C16H13NO2. The second kappa shape index (κ2) is 4.61. The van der Waals surface area contributed by atoms with Crippen LogP contribution in [-0.2, 0) is 0 Å². The second-order valence-corrected chi connectivity index (χ2v) is 4.34. The van der Waals surface area contributed by atoms with Gasteiger partial charge in [0.25, 0.3) is 0 Å². The topological polar surface area (TPSA) is 41.8 Å². The van der Waals surface area contributed by atoms with Crippen molar-refractivity contribution < 1.29 is 9.94 Å². The summed E-state index contributed by atoms with van der Waals surface area (Å²) < 4.78 is 5.26. The van der Waals surface area contributed by atoms with Crippen molar-refractivity contribution in [1.29, 1.82) is 0 Å². The van der Waals surface area contributed by atoms with Crippen molar-refractivity contribution in [2.24, 2.45) is 5.16 Å². The van der Waals surface area contributed by atoms with Crippen molar-refractivity contribution in [2.45, 2.75) is 0 Å². The Morgan fingerprint density at radius 3 is 2.58 bits per heavy atom. The van der Waals surface area contributed by atoms with Crippen molar-refractivity contribution in [3.63, 3.8) is 0 Å². The van der Waals surface area contributed by atoms with Gasteiger partial charge in [0.15, 0.2) is 0 Å². The zero-order valence-electron chi connectivity index (χ0n) is 10.5. The van der Waals surface area contributed by atoms with Gasteiger partial charge in [0, 0.05) is 5.56 Å². The molecule has 0 heterocycles. The number of ether oxygens (including phenoxy) is 1. The Hall–Kier alpha value is -2.55. The lowest BCUT2D eigenvalue weighted by Crippen LogP contribution is -1.90. The Morgan fingerprint density at radius 1 is 1.00 bits per heavy atom. The Balaban J connectivity index is 2.48. The average Bonchev–Trinajstić information content (AvgIpc) is 2.47. The van der Waals surface area contributed by atoms with Crippen LogP contribution in [0.5, 0.6) is 5.75 Å². The van der Waals surface area contributed by atoms with Gasteiger partial charge in [-0.1, -0.05) is 35.5 Å². The molecule has 19 heavy (non-hydrogen) atoms. The summed E-state index contributed by atoms with van der Waals surface area (Å²) in [6.45, 7) is 0. The van der Waals surface area contributed by atoms with Crippen LogP contribution in [0.3, 0.4) is 0 Å². The first-order chi connectivity index (χ1) is 9.33. The molecule has 0 aliphatic rings. The summed E-state index contributed by atoms with van der Waals surface area (Å²) >= 11 is 0. The molecule has 1 N–H and O–H groups in total. The van der Waals surface area contributed by atoms with Crippen LogP contribution in [0.1, 0.15) is 5.56 Å². The standard InChI is InChI=1S/C16H13NO2/c1-19-13-7-6-12-8-11-4-2-3-5-14(11)16(10-17-18)15(12)9-13/h2-10,18H,1H3/b17-10+. The normalized spacial score (nSPS) is 11.4. The van der Waals surface area contributed by atoms with Crippen molar-refractivity contribution in [3.8, 4) is 5.75 Å². The highest BCUT2D eigenvalue weighted by molar-refractivity contribution is 6.13. The lowest BCUT2D eigenvalue weighted by molar-refractivity contribution is 0.322. The molecule has 0 amide bonds. The number of rotatable bonds is 2. The number of hydrogen-bond donors (Lipinski definition) is 1. The van der Waals surface area contributed by atoms with Gasteiger partial charge in [0.1, 0.15) is 5.75 Å². The smallest absolute Gasteiger partial charge is 0.119 e. The van der Waals surface area contributed by atoms with E-state index in [4.69, 9.17) is 9.94 Å². The van der Waals surface area contributed by atoms with Gasteiger partial charge < -0.3 is 9.94 Å². The Labute approximate surface area is 110 Å². The molecule has 3 aromatic rings. The maximum absolute atomic E-state index is 8.90. The quantitative estimate of drug-likeness (QED) is 0.325. The molecule has 0 fully saturated rings. The van der Waals surface area contributed by atoms with E-state index in [1.807, 2.05) is 42.5 Å². The molecule has 0 spiro atoms. The van der Waals surface area contributed by atoms with Gasteiger partial charge in [-0.2, -0.15) is 0 Å². The van der Waals surface area contributed by atoms with Crippen molar-refractivity contribution >= 4 is 27.8 Å². The van der Waals surface area contributed by atoms with Crippen LogP contribution >= 0.6 is 0 Å². The Bertz CT molecular complexity index is 778. The average molecular weight is 251 g/mol. The summed E-state index contributed by atoms with van der Waals surface area (Å²) in [5.41, 5.74) is 0.898. The zero-order chi connectivity index (χ0) is 13.2. The molecule has 3 rings (SSSR count). The maximum Gasteiger partial charge on any atom is 0.119 e. The molecule has 0 atom stereocenters. The van der Waals surface area contributed by atoms with E-state index in [-0.39, 0.29) is 0 Å². The first-order valence-electron chi connectivity index (χ1n) is 6.00. The van der Waals surface area contributed by atoms with Gasteiger partial charge in [0.05, 0.1) is 13.3 Å². The van der Waals surface area contributed by atoms with Crippen molar-refractivity contribution in [1.82, 2.24) is 0 Å². The molecule has 0 aliphatic carbocycles. The van der Waals surface area contributed by atoms with Gasteiger partial charge in [-0.25, -0.2) is 0 Å². The summed E-state index contributed by atoms with van der Waals surface area (Å²) in [6, 6.07) is 16.1. The lowest BCUT2D eigenvalue weighted by atomic mass is 9.97. The molecule has 0 saturated carbocycles. The molecule has 0 saturated heterocycles. The summed E-state index contributed by atoms with van der Waals surface area (Å²) in [7, 11) is 1.64. The van der Waals surface area contributed by atoms with Crippen molar-refractivity contribution in [2.75, 3.05) is 7.11 Å². The van der Waals surface area contributed by atoms with E-state index in [0.717, 1.165) is 32.9 Å². The van der Waals surface area contributed by atoms with Crippen LogP contribution in [0.15, 0.2) is 53.7 Å². The van der Waals surface area contributed by atoms with E-state index >= 15 is 0 Å². The minimum Gasteiger partial charge on any atom is -0.497 e.